The fraction of sp³-hybridized carbons (Fsp3) is 0.238. The number of methoxy groups -OCH3 is 1. The van der Waals surface area contributed by atoms with Crippen molar-refractivity contribution in [2.45, 2.75) is 20.3 Å². The lowest BCUT2D eigenvalue weighted by Gasteiger charge is -2.08. The largest absolute Gasteiger partial charge is 0.497 e. The minimum Gasteiger partial charge on any atom is -0.497 e. The Hall–Kier alpha value is -3.26. The Labute approximate surface area is 154 Å². The number of hydrogen-bond donors (Lipinski definition) is 1. The van der Waals surface area contributed by atoms with E-state index in [4.69, 9.17) is 15.9 Å². The number of terminal acetylenes is 1. The number of hydrogen-bond acceptors (Lipinski definition) is 4. The summed E-state index contributed by atoms with van der Waals surface area (Å²) < 4.78 is 10.7. The smallest absolute Gasteiger partial charge is 0.244 e. The molecule has 1 N–H and O–H groups in total. The molecule has 2 aromatic rings. The van der Waals surface area contributed by atoms with Gasteiger partial charge in [-0.25, -0.2) is 5.43 Å². The molecule has 1 amide bonds. The highest BCUT2D eigenvalue weighted by Crippen LogP contribution is 2.22. The number of nitrogens with one attached hydrogen (secondary N) is 1. The van der Waals surface area contributed by atoms with Crippen LogP contribution < -0.4 is 14.9 Å². The first-order valence-corrected chi connectivity index (χ1v) is 8.16. The maximum absolute atomic E-state index is 12.1. The molecule has 2 rings (SSSR count). The van der Waals surface area contributed by atoms with Crippen molar-refractivity contribution in [1.29, 1.82) is 0 Å². The molecule has 0 radical (unpaired) electrons. The number of amides is 1. The van der Waals surface area contributed by atoms with E-state index in [0.717, 1.165) is 11.1 Å². The molecule has 2 aromatic carbocycles. The van der Waals surface area contributed by atoms with E-state index in [2.05, 4.69) is 16.4 Å². The molecule has 0 aliphatic heterocycles. The first kappa shape index (κ1) is 19.1. The van der Waals surface area contributed by atoms with Gasteiger partial charge in [-0.1, -0.05) is 24.1 Å². The average molecular weight is 350 g/mol. The molecule has 0 aliphatic rings. The maximum atomic E-state index is 12.1. The number of ether oxygens (including phenoxy) is 2. The van der Waals surface area contributed by atoms with E-state index in [9.17, 15) is 4.79 Å². The van der Waals surface area contributed by atoms with Gasteiger partial charge in [0.15, 0.2) is 0 Å². The predicted octanol–water partition coefficient (Wildman–Crippen LogP) is 3.02. The second-order valence-electron chi connectivity index (χ2n) is 5.79. The van der Waals surface area contributed by atoms with E-state index in [1.54, 1.807) is 25.3 Å². The van der Waals surface area contributed by atoms with E-state index in [-0.39, 0.29) is 18.9 Å². The summed E-state index contributed by atoms with van der Waals surface area (Å²) in [5.74, 6) is 3.44. The minimum absolute atomic E-state index is 0.145. The van der Waals surface area contributed by atoms with Crippen LogP contribution in [0.1, 0.15) is 22.3 Å². The van der Waals surface area contributed by atoms with Crippen LogP contribution in [0.2, 0.25) is 0 Å². The summed E-state index contributed by atoms with van der Waals surface area (Å²) in [6, 6.07) is 11.2. The van der Waals surface area contributed by atoms with Crippen molar-refractivity contribution in [3.63, 3.8) is 0 Å². The van der Waals surface area contributed by atoms with Crippen LogP contribution in [-0.2, 0) is 11.2 Å². The molecule has 0 bridgehead atoms. The van der Waals surface area contributed by atoms with Crippen LogP contribution in [0.15, 0.2) is 41.5 Å². The fourth-order valence-corrected chi connectivity index (χ4v) is 2.32. The number of rotatable bonds is 7. The SMILES string of the molecule is C#CCOc1ccc(OC)cc1/C=N\NC(=O)Cc1ccc(C)c(C)c1. The second kappa shape index (κ2) is 9.28. The number of hydrazone groups is 1. The Kier molecular flexibility index (Phi) is 6.81. The van der Waals surface area contributed by atoms with E-state index in [1.165, 1.54) is 11.8 Å². The summed E-state index contributed by atoms with van der Waals surface area (Å²) in [7, 11) is 1.57. The molecule has 0 aliphatic carbocycles. The van der Waals surface area contributed by atoms with Crippen molar-refractivity contribution < 1.29 is 14.3 Å². The molecule has 0 saturated heterocycles. The van der Waals surface area contributed by atoms with Gasteiger partial charge in [-0.15, -0.1) is 6.42 Å². The quantitative estimate of drug-likeness (QED) is 0.474. The van der Waals surface area contributed by atoms with Gasteiger partial charge in [0.2, 0.25) is 5.91 Å². The van der Waals surface area contributed by atoms with E-state index >= 15 is 0 Å². The molecular formula is C21H22N2O3. The average Bonchev–Trinajstić information content (AvgIpc) is 2.63. The topological polar surface area (TPSA) is 59.9 Å². The first-order chi connectivity index (χ1) is 12.5. The molecule has 0 aromatic heterocycles. The highest BCUT2D eigenvalue weighted by molar-refractivity contribution is 5.86. The van der Waals surface area contributed by atoms with Gasteiger partial charge in [0.1, 0.15) is 18.1 Å². The number of benzene rings is 2. The maximum Gasteiger partial charge on any atom is 0.244 e. The summed E-state index contributed by atoms with van der Waals surface area (Å²) in [5.41, 5.74) is 6.49. The monoisotopic (exact) mass is 350 g/mol. The molecule has 5 heteroatoms. The van der Waals surface area contributed by atoms with Crippen LogP contribution in [-0.4, -0.2) is 25.8 Å². The van der Waals surface area contributed by atoms with E-state index in [0.29, 0.717) is 17.1 Å². The molecular weight excluding hydrogens is 328 g/mol. The lowest BCUT2D eigenvalue weighted by molar-refractivity contribution is -0.120. The molecule has 5 nitrogen and oxygen atoms in total. The van der Waals surface area contributed by atoms with Crippen molar-refractivity contribution in [3.8, 4) is 23.8 Å². The van der Waals surface area contributed by atoms with Crippen LogP contribution in [0.4, 0.5) is 0 Å². The third-order valence-corrected chi connectivity index (χ3v) is 3.86. The standard InChI is InChI=1S/C21H22N2O3/c1-5-10-26-20-9-8-19(25-4)13-18(20)14-22-23-21(24)12-17-7-6-15(2)16(3)11-17/h1,6-9,11,13-14H,10,12H2,2-4H3,(H,23,24)/b22-14-. The zero-order chi connectivity index (χ0) is 18.9. The summed E-state index contributed by atoms with van der Waals surface area (Å²) in [5, 5.41) is 4.01. The molecule has 26 heavy (non-hydrogen) atoms. The molecule has 134 valence electrons. The number of aryl methyl sites for hydroxylation is 2. The highest BCUT2D eigenvalue weighted by atomic mass is 16.5. The van der Waals surface area contributed by atoms with Gasteiger partial charge >= 0.3 is 0 Å². The van der Waals surface area contributed by atoms with Crippen molar-refractivity contribution in [1.82, 2.24) is 5.43 Å². The van der Waals surface area contributed by atoms with Gasteiger partial charge in [0.05, 0.1) is 19.7 Å². The highest BCUT2D eigenvalue weighted by Gasteiger charge is 2.06. The first-order valence-electron chi connectivity index (χ1n) is 8.16. The van der Waals surface area contributed by atoms with Crippen molar-refractivity contribution in [2.24, 2.45) is 5.10 Å². The van der Waals surface area contributed by atoms with Crippen LogP contribution in [0, 0.1) is 26.2 Å². The molecule has 0 heterocycles. The summed E-state index contributed by atoms with van der Waals surface area (Å²) in [4.78, 5) is 12.1. The van der Waals surface area contributed by atoms with Gasteiger partial charge in [-0.3, -0.25) is 4.79 Å². The molecule has 0 saturated carbocycles. The lowest BCUT2D eigenvalue weighted by Crippen LogP contribution is -2.19. The Morgan fingerprint density at radius 2 is 2.04 bits per heavy atom. The Balaban J connectivity index is 2.03. The van der Waals surface area contributed by atoms with Gasteiger partial charge in [-0.05, 0) is 48.7 Å². The summed E-state index contributed by atoms with van der Waals surface area (Å²) >= 11 is 0. The van der Waals surface area contributed by atoms with Crippen LogP contribution >= 0.6 is 0 Å². The van der Waals surface area contributed by atoms with Gasteiger partial charge in [0, 0.05) is 5.56 Å². The van der Waals surface area contributed by atoms with Gasteiger partial charge in [-0.2, -0.15) is 5.10 Å². The summed E-state index contributed by atoms with van der Waals surface area (Å²) in [6.45, 7) is 4.21. The Morgan fingerprint density at radius 3 is 2.73 bits per heavy atom. The normalized spacial score (nSPS) is 10.4. The predicted molar refractivity (Wildman–Crippen MR) is 103 cm³/mol. The number of carbonyl (C=O) groups excluding carboxylic acids is 1. The second-order valence-corrected chi connectivity index (χ2v) is 5.79. The molecule has 0 spiro atoms. The molecule has 0 unspecified atom stereocenters. The molecule has 0 atom stereocenters. The lowest BCUT2D eigenvalue weighted by atomic mass is 10.0. The minimum atomic E-state index is -0.196. The van der Waals surface area contributed by atoms with E-state index in [1.807, 2.05) is 32.0 Å². The van der Waals surface area contributed by atoms with E-state index < -0.39 is 0 Å². The Bertz CT molecular complexity index is 851. The Morgan fingerprint density at radius 1 is 1.23 bits per heavy atom. The summed E-state index contributed by atoms with van der Waals surface area (Å²) in [6.07, 6.45) is 6.99. The third kappa shape index (κ3) is 5.38. The van der Waals surface area contributed by atoms with Gasteiger partial charge < -0.3 is 9.47 Å². The number of nitrogens with zero attached hydrogens (tertiary/aromatic N) is 1. The van der Waals surface area contributed by atoms with Crippen LogP contribution in [0.5, 0.6) is 11.5 Å². The van der Waals surface area contributed by atoms with Crippen molar-refractivity contribution >= 4 is 12.1 Å². The molecule has 0 fully saturated rings. The zero-order valence-corrected chi connectivity index (χ0v) is 15.2. The van der Waals surface area contributed by atoms with Crippen molar-refractivity contribution in [3.05, 3.63) is 58.7 Å². The van der Waals surface area contributed by atoms with Crippen molar-refractivity contribution in [2.75, 3.05) is 13.7 Å². The van der Waals surface area contributed by atoms with Gasteiger partial charge in [0.25, 0.3) is 0 Å². The zero-order valence-electron chi connectivity index (χ0n) is 15.2. The number of carbonyl (C=O) groups is 1. The third-order valence-electron chi connectivity index (χ3n) is 3.86. The fourth-order valence-electron chi connectivity index (χ4n) is 2.32. The van der Waals surface area contributed by atoms with Crippen LogP contribution in [0.25, 0.3) is 0 Å². The van der Waals surface area contributed by atoms with Crippen LogP contribution in [0.3, 0.4) is 0 Å².